The Hall–Kier alpha value is -2.93. The summed E-state index contributed by atoms with van der Waals surface area (Å²) < 4.78 is 19.6. The number of fused-ring (bicyclic) bond motifs is 1. The van der Waals surface area contributed by atoms with Crippen LogP contribution in [0.15, 0.2) is 48.6 Å². The van der Waals surface area contributed by atoms with Crippen molar-refractivity contribution in [2.24, 2.45) is 5.92 Å². The fraction of sp³-hybridized carbons (Fsp3) is 0.417. The second kappa shape index (κ2) is 9.92. The van der Waals surface area contributed by atoms with E-state index in [-0.39, 0.29) is 35.8 Å². The van der Waals surface area contributed by atoms with Gasteiger partial charge < -0.3 is 20.5 Å². The number of nitrogens with one attached hydrogen (secondary N) is 2. The summed E-state index contributed by atoms with van der Waals surface area (Å²) >= 11 is 0. The average Bonchev–Trinajstić information content (AvgIpc) is 3.37. The molecule has 1 fully saturated rings. The molecule has 1 aliphatic carbocycles. The topological polar surface area (TPSA) is 87.7 Å². The van der Waals surface area contributed by atoms with E-state index in [4.69, 9.17) is 9.84 Å². The highest BCUT2D eigenvalue weighted by molar-refractivity contribution is 6.02. The third-order valence-corrected chi connectivity index (χ3v) is 5.73. The molecule has 1 aromatic carbocycles. The van der Waals surface area contributed by atoms with Crippen LogP contribution in [0.5, 0.6) is 5.75 Å². The summed E-state index contributed by atoms with van der Waals surface area (Å²) in [6.07, 6.45) is 7.93. The summed E-state index contributed by atoms with van der Waals surface area (Å²) in [6.45, 7) is 5.29. The maximum absolute atomic E-state index is 13.8. The lowest BCUT2D eigenvalue weighted by Gasteiger charge is -2.16. The van der Waals surface area contributed by atoms with E-state index >= 15 is 0 Å². The van der Waals surface area contributed by atoms with E-state index in [0.717, 1.165) is 6.42 Å². The molecule has 0 unspecified atom stereocenters. The number of ether oxygens (including phenoxy) is 1. The van der Waals surface area contributed by atoms with Crippen LogP contribution in [0.4, 0.5) is 4.39 Å². The molecular formula is C24H29FN2O4. The largest absolute Gasteiger partial charge is 0.486 e. The number of carbonyl (C=O) groups is 2. The van der Waals surface area contributed by atoms with Gasteiger partial charge in [-0.05, 0) is 43.4 Å². The number of aliphatic hydroxyl groups excluding tert-OH is 1. The number of alkyl halides is 1. The molecule has 166 valence electrons. The number of halogens is 1. The number of aliphatic hydroxyl groups is 1. The number of allylic oxidation sites excluding steroid dienone is 4. The average molecular weight is 429 g/mol. The molecule has 4 atom stereocenters. The van der Waals surface area contributed by atoms with Gasteiger partial charge in [0.1, 0.15) is 18.5 Å². The van der Waals surface area contributed by atoms with Crippen molar-refractivity contribution >= 4 is 11.8 Å². The molecule has 3 rings (SSSR count). The fourth-order valence-corrected chi connectivity index (χ4v) is 3.98. The van der Waals surface area contributed by atoms with Gasteiger partial charge in [-0.1, -0.05) is 30.9 Å². The quantitative estimate of drug-likeness (QED) is 0.528. The van der Waals surface area contributed by atoms with Crippen LogP contribution in [0, 0.1) is 5.92 Å². The van der Waals surface area contributed by atoms with Crippen LogP contribution in [-0.4, -0.2) is 49.4 Å². The summed E-state index contributed by atoms with van der Waals surface area (Å²) in [5.74, 6) is -0.681. The van der Waals surface area contributed by atoms with Crippen molar-refractivity contribution in [3.63, 3.8) is 0 Å². The molecule has 2 amide bonds. The van der Waals surface area contributed by atoms with Gasteiger partial charge in [0.2, 0.25) is 0 Å². The van der Waals surface area contributed by atoms with E-state index in [0.29, 0.717) is 23.1 Å². The van der Waals surface area contributed by atoms with Gasteiger partial charge in [-0.25, -0.2) is 4.39 Å². The highest BCUT2D eigenvalue weighted by Gasteiger charge is 2.40. The first-order valence-corrected chi connectivity index (χ1v) is 10.5. The monoisotopic (exact) mass is 428 g/mol. The molecule has 0 radical (unpaired) electrons. The molecule has 7 heteroatoms. The summed E-state index contributed by atoms with van der Waals surface area (Å²) in [5, 5.41) is 14.6. The lowest BCUT2D eigenvalue weighted by Crippen LogP contribution is -2.28. The molecule has 1 heterocycles. The number of hydrogen-bond donors (Lipinski definition) is 3. The Labute approximate surface area is 181 Å². The molecule has 0 spiro atoms. The third kappa shape index (κ3) is 4.88. The van der Waals surface area contributed by atoms with Gasteiger partial charge in [0.25, 0.3) is 11.8 Å². The Morgan fingerprint density at radius 2 is 2.10 bits per heavy atom. The van der Waals surface area contributed by atoms with Gasteiger partial charge in [0, 0.05) is 30.8 Å². The number of hydrogen-bond acceptors (Lipinski definition) is 4. The van der Waals surface area contributed by atoms with Gasteiger partial charge in [0.05, 0.1) is 11.5 Å². The number of amides is 2. The van der Waals surface area contributed by atoms with Crippen molar-refractivity contribution in [1.29, 1.82) is 0 Å². The van der Waals surface area contributed by atoms with Crippen LogP contribution < -0.4 is 15.4 Å². The van der Waals surface area contributed by atoms with Crippen LogP contribution in [0.2, 0.25) is 0 Å². The number of rotatable bonds is 9. The molecule has 31 heavy (non-hydrogen) atoms. The zero-order valence-corrected chi connectivity index (χ0v) is 17.9. The van der Waals surface area contributed by atoms with Gasteiger partial charge in [-0.2, -0.15) is 0 Å². The number of carbonyl (C=O) groups excluding carboxylic acids is 2. The van der Waals surface area contributed by atoms with Gasteiger partial charge in [-0.15, -0.1) is 0 Å². The van der Waals surface area contributed by atoms with Crippen molar-refractivity contribution in [1.82, 2.24) is 10.6 Å². The molecule has 1 aromatic rings. The minimum Gasteiger partial charge on any atom is -0.486 e. The van der Waals surface area contributed by atoms with Crippen LogP contribution in [0.3, 0.4) is 0 Å². The Balaban J connectivity index is 1.97. The molecule has 0 bridgehead atoms. The van der Waals surface area contributed by atoms with E-state index in [1.54, 1.807) is 18.2 Å². The smallest absolute Gasteiger partial charge is 0.254 e. The zero-order chi connectivity index (χ0) is 22.5. The van der Waals surface area contributed by atoms with E-state index in [1.165, 1.54) is 13.1 Å². The minimum atomic E-state index is -0.822. The molecule has 3 N–H and O–H groups in total. The minimum absolute atomic E-state index is 0.0146. The predicted molar refractivity (Wildman–Crippen MR) is 117 cm³/mol. The molecule has 2 aliphatic rings. The maximum Gasteiger partial charge on any atom is 0.254 e. The zero-order valence-electron chi connectivity index (χ0n) is 17.9. The lowest BCUT2D eigenvalue weighted by molar-refractivity contribution is 0.0948. The van der Waals surface area contributed by atoms with Crippen LogP contribution in [0.1, 0.15) is 52.0 Å². The predicted octanol–water partition coefficient (Wildman–Crippen LogP) is 3.05. The van der Waals surface area contributed by atoms with Crippen LogP contribution in [-0.2, 0) is 0 Å². The number of benzene rings is 1. The summed E-state index contributed by atoms with van der Waals surface area (Å²) in [5.41, 5.74) is 1.71. The highest BCUT2D eigenvalue weighted by atomic mass is 19.1. The van der Waals surface area contributed by atoms with Crippen LogP contribution >= 0.6 is 0 Å². The molecule has 0 aromatic heterocycles. The molecule has 0 saturated heterocycles. The standard InChI is InChI=1S/C24H29FN2O4/c1-4-5-6-7-14(2)21-17-10-16(23(29)27-19-12-15(19)8-9-28)11-18(24(30)26-3)22(17)31-20(21)13-25/h4-7,10-11,15,19-21,28H,2,8-9,12-13H2,1,3H3,(H,26,30)(H,27,29)/b5-4-,7-6-/t15-,19-,20-,21+/m0/s1. The lowest BCUT2D eigenvalue weighted by atomic mass is 9.86. The van der Waals surface area contributed by atoms with Crippen molar-refractivity contribution in [3.8, 4) is 5.75 Å². The van der Waals surface area contributed by atoms with E-state index in [1.807, 2.05) is 19.1 Å². The first-order chi connectivity index (χ1) is 14.9. The fourth-order valence-electron chi connectivity index (χ4n) is 3.98. The van der Waals surface area contributed by atoms with Crippen molar-refractivity contribution in [2.45, 2.75) is 37.8 Å². The van der Waals surface area contributed by atoms with Crippen molar-refractivity contribution < 1.29 is 23.8 Å². The van der Waals surface area contributed by atoms with Gasteiger partial charge >= 0.3 is 0 Å². The summed E-state index contributed by atoms with van der Waals surface area (Å²) in [6, 6.07) is 3.16. The second-order valence-corrected chi connectivity index (χ2v) is 7.86. The summed E-state index contributed by atoms with van der Waals surface area (Å²) in [7, 11) is 1.49. The normalized spacial score (nSPS) is 24.1. The molecule has 1 saturated carbocycles. The molecular weight excluding hydrogens is 399 g/mol. The van der Waals surface area contributed by atoms with Gasteiger partial charge in [-0.3, -0.25) is 9.59 Å². The Morgan fingerprint density at radius 1 is 1.32 bits per heavy atom. The van der Waals surface area contributed by atoms with E-state index in [2.05, 4.69) is 17.2 Å². The molecule has 6 nitrogen and oxygen atoms in total. The van der Waals surface area contributed by atoms with Crippen molar-refractivity contribution in [2.75, 3.05) is 20.3 Å². The maximum atomic E-state index is 13.8. The summed E-state index contributed by atoms with van der Waals surface area (Å²) in [4.78, 5) is 25.4. The highest BCUT2D eigenvalue weighted by Crippen LogP contribution is 2.45. The van der Waals surface area contributed by atoms with Crippen molar-refractivity contribution in [3.05, 3.63) is 65.3 Å². The Morgan fingerprint density at radius 3 is 2.74 bits per heavy atom. The Kier molecular flexibility index (Phi) is 7.28. The first-order valence-electron chi connectivity index (χ1n) is 10.5. The SMILES string of the molecule is C=C(/C=C\C=C/C)[C@@H]1c2cc(C(=O)N[C@H]3C[C@@H]3CCO)cc(C(=O)NC)c2O[C@H]1CF. The van der Waals surface area contributed by atoms with Crippen LogP contribution in [0.25, 0.3) is 0 Å². The first kappa shape index (κ1) is 22.7. The molecule has 1 aliphatic heterocycles. The second-order valence-electron chi connectivity index (χ2n) is 7.86. The third-order valence-electron chi connectivity index (χ3n) is 5.73. The Bertz CT molecular complexity index is 924. The van der Waals surface area contributed by atoms with E-state index < -0.39 is 24.6 Å². The van der Waals surface area contributed by atoms with E-state index in [9.17, 15) is 14.0 Å². The van der Waals surface area contributed by atoms with Gasteiger partial charge in [0.15, 0.2) is 0 Å².